The molecule has 20 heavy (non-hydrogen) atoms. The molecule has 1 aromatic rings. The van der Waals surface area contributed by atoms with Crippen LogP contribution in [0.3, 0.4) is 0 Å². The van der Waals surface area contributed by atoms with E-state index in [0.717, 1.165) is 32.4 Å². The Labute approximate surface area is 120 Å². The maximum atomic E-state index is 14.1. The van der Waals surface area contributed by atoms with E-state index in [1.165, 1.54) is 12.5 Å². The molecular formula is C17H25F2N. The predicted molar refractivity (Wildman–Crippen MR) is 78.8 cm³/mol. The van der Waals surface area contributed by atoms with E-state index in [0.29, 0.717) is 17.4 Å². The quantitative estimate of drug-likeness (QED) is 0.839. The number of hydrogen-bond donors (Lipinski definition) is 1. The number of rotatable bonds is 5. The summed E-state index contributed by atoms with van der Waals surface area (Å²) in [5, 5.41) is 3.37. The zero-order chi connectivity index (χ0) is 14.5. The molecular weight excluding hydrogens is 256 g/mol. The molecule has 3 unspecified atom stereocenters. The molecule has 1 aromatic carbocycles. The summed E-state index contributed by atoms with van der Waals surface area (Å²) in [6.07, 6.45) is 4.42. The zero-order valence-corrected chi connectivity index (χ0v) is 12.5. The molecule has 0 spiro atoms. The van der Waals surface area contributed by atoms with Crippen LogP contribution < -0.4 is 5.32 Å². The van der Waals surface area contributed by atoms with Crippen molar-refractivity contribution in [3.05, 3.63) is 35.4 Å². The third kappa shape index (κ3) is 3.38. The van der Waals surface area contributed by atoms with Crippen molar-refractivity contribution in [2.45, 2.75) is 45.4 Å². The van der Waals surface area contributed by atoms with Gasteiger partial charge < -0.3 is 5.32 Å². The van der Waals surface area contributed by atoms with Gasteiger partial charge in [0.2, 0.25) is 0 Å². The standard InChI is InChI=1S/C17H25F2N/c1-3-12-8-9-13(11-20-4-2)15(10-12)14-6-5-7-16(18)17(14)19/h5-7,12-13,15,20H,3-4,8-11H2,1-2H3. The van der Waals surface area contributed by atoms with Crippen molar-refractivity contribution in [1.29, 1.82) is 0 Å². The molecule has 0 bridgehead atoms. The molecule has 1 N–H and O–H groups in total. The van der Waals surface area contributed by atoms with Crippen molar-refractivity contribution < 1.29 is 8.78 Å². The van der Waals surface area contributed by atoms with E-state index in [4.69, 9.17) is 0 Å². The van der Waals surface area contributed by atoms with Gasteiger partial charge in [-0.1, -0.05) is 38.8 Å². The van der Waals surface area contributed by atoms with Crippen molar-refractivity contribution in [1.82, 2.24) is 5.32 Å². The molecule has 0 aliphatic heterocycles. The van der Waals surface area contributed by atoms with Crippen LogP contribution in [-0.4, -0.2) is 13.1 Å². The lowest BCUT2D eigenvalue weighted by molar-refractivity contribution is 0.222. The minimum absolute atomic E-state index is 0.142. The Kier molecular flexibility index (Phi) is 5.53. The topological polar surface area (TPSA) is 12.0 Å². The van der Waals surface area contributed by atoms with Gasteiger partial charge in [-0.3, -0.25) is 0 Å². The van der Waals surface area contributed by atoms with Gasteiger partial charge in [0.1, 0.15) is 0 Å². The van der Waals surface area contributed by atoms with E-state index in [9.17, 15) is 8.78 Å². The van der Waals surface area contributed by atoms with Crippen LogP contribution in [0.15, 0.2) is 18.2 Å². The van der Waals surface area contributed by atoms with Crippen molar-refractivity contribution in [2.24, 2.45) is 11.8 Å². The maximum absolute atomic E-state index is 14.1. The summed E-state index contributed by atoms with van der Waals surface area (Å²) >= 11 is 0. The molecule has 2 rings (SSSR count). The third-order valence-electron chi connectivity index (χ3n) is 4.72. The van der Waals surface area contributed by atoms with Crippen LogP contribution in [0.25, 0.3) is 0 Å². The number of benzene rings is 1. The van der Waals surface area contributed by atoms with Gasteiger partial charge in [0.25, 0.3) is 0 Å². The second-order valence-corrected chi connectivity index (χ2v) is 5.90. The monoisotopic (exact) mass is 281 g/mol. The van der Waals surface area contributed by atoms with E-state index >= 15 is 0 Å². The third-order valence-corrected chi connectivity index (χ3v) is 4.72. The van der Waals surface area contributed by atoms with Gasteiger partial charge in [-0.25, -0.2) is 8.78 Å². The molecule has 1 nitrogen and oxygen atoms in total. The lowest BCUT2D eigenvalue weighted by Crippen LogP contribution is -2.32. The molecule has 1 aliphatic carbocycles. The van der Waals surface area contributed by atoms with E-state index in [1.54, 1.807) is 12.1 Å². The molecule has 3 atom stereocenters. The normalized spacial score (nSPS) is 26.7. The van der Waals surface area contributed by atoms with E-state index < -0.39 is 11.6 Å². The minimum atomic E-state index is -0.719. The summed E-state index contributed by atoms with van der Waals surface area (Å²) in [6.45, 7) is 6.09. The minimum Gasteiger partial charge on any atom is -0.317 e. The molecule has 0 heterocycles. The van der Waals surface area contributed by atoms with Gasteiger partial charge in [0, 0.05) is 0 Å². The lowest BCUT2D eigenvalue weighted by Gasteiger charge is -2.36. The highest BCUT2D eigenvalue weighted by Gasteiger charge is 2.32. The van der Waals surface area contributed by atoms with Crippen LogP contribution in [0, 0.1) is 23.5 Å². The fourth-order valence-electron chi connectivity index (χ4n) is 3.45. The Bertz CT molecular complexity index is 433. The van der Waals surface area contributed by atoms with E-state index in [-0.39, 0.29) is 5.92 Å². The van der Waals surface area contributed by atoms with Crippen molar-refractivity contribution in [2.75, 3.05) is 13.1 Å². The number of nitrogens with one attached hydrogen (secondary N) is 1. The predicted octanol–water partition coefficient (Wildman–Crippen LogP) is 4.48. The first kappa shape index (κ1) is 15.4. The van der Waals surface area contributed by atoms with Gasteiger partial charge in [-0.15, -0.1) is 0 Å². The van der Waals surface area contributed by atoms with Crippen LogP contribution in [0.5, 0.6) is 0 Å². The highest BCUT2D eigenvalue weighted by atomic mass is 19.2. The zero-order valence-electron chi connectivity index (χ0n) is 12.5. The van der Waals surface area contributed by atoms with Crippen molar-refractivity contribution in [3.63, 3.8) is 0 Å². The summed E-state index contributed by atoms with van der Waals surface area (Å²) in [7, 11) is 0. The Hall–Kier alpha value is -0.960. The SMILES string of the molecule is CCNCC1CCC(CC)CC1c1cccc(F)c1F. The van der Waals surface area contributed by atoms with E-state index in [2.05, 4.69) is 19.2 Å². The first-order chi connectivity index (χ1) is 9.67. The van der Waals surface area contributed by atoms with Crippen LogP contribution in [0.1, 0.15) is 51.0 Å². The Morgan fingerprint density at radius 3 is 2.70 bits per heavy atom. The van der Waals surface area contributed by atoms with E-state index in [1.807, 2.05) is 0 Å². The summed E-state index contributed by atoms with van der Waals surface area (Å²) in [6, 6.07) is 4.60. The lowest BCUT2D eigenvalue weighted by atomic mass is 9.70. The van der Waals surface area contributed by atoms with Crippen LogP contribution >= 0.6 is 0 Å². The molecule has 0 amide bonds. The van der Waals surface area contributed by atoms with Gasteiger partial charge in [-0.2, -0.15) is 0 Å². The average molecular weight is 281 g/mol. The van der Waals surface area contributed by atoms with Gasteiger partial charge >= 0.3 is 0 Å². The second kappa shape index (κ2) is 7.16. The number of halogens is 2. The molecule has 0 radical (unpaired) electrons. The second-order valence-electron chi connectivity index (χ2n) is 5.90. The number of hydrogen-bond acceptors (Lipinski definition) is 1. The Morgan fingerprint density at radius 1 is 1.20 bits per heavy atom. The molecule has 0 aromatic heterocycles. The molecule has 1 aliphatic rings. The molecule has 1 fully saturated rings. The highest BCUT2D eigenvalue weighted by molar-refractivity contribution is 5.24. The van der Waals surface area contributed by atoms with Gasteiger partial charge in [0.05, 0.1) is 0 Å². The molecule has 1 saturated carbocycles. The summed E-state index contributed by atoms with van der Waals surface area (Å²) in [5.74, 6) is -0.169. The van der Waals surface area contributed by atoms with Crippen LogP contribution in [0.2, 0.25) is 0 Å². The van der Waals surface area contributed by atoms with Crippen molar-refractivity contribution >= 4 is 0 Å². The summed E-state index contributed by atoms with van der Waals surface area (Å²) in [4.78, 5) is 0. The Morgan fingerprint density at radius 2 is 2.00 bits per heavy atom. The molecule has 112 valence electrons. The van der Waals surface area contributed by atoms with Gasteiger partial charge in [-0.05, 0) is 55.3 Å². The maximum Gasteiger partial charge on any atom is 0.162 e. The highest BCUT2D eigenvalue weighted by Crippen LogP contribution is 2.42. The fourth-order valence-corrected chi connectivity index (χ4v) is 3.45. The Balaban J connectivity index is 2.23. The molecule has 3 heteroatoms. The molecule has 0 saturated heterocycles. The largest absolute Gasteiger partial charge is 0.317 e. The van der Waals surface area contributed by atoms with Crippen LogP contribution in [-0.2, 0) is 0 Å². The van der Waals surface area contributed by atoms with Crippen LogP contribution in [0.4, 0.5) is 8.78 Å². The summed E-state index contributed by atoms with van der Waals surface area (Å²) < 4.78 is 27.6. The fraction of sp³-hybridized carbons (Fsp3) is 0.647. The van der Waals surface area contributed by atoms with Gasteiger partial charge in [0.15, 0.2) is 11.6 Å². The van der Waals surface area contributed by atoms with Crippen molar-refractivity contribution in [3.8, 4) is 0 Å². The smallest absolute Gasteiger partial charge is 0.162 e. The summed E-state index contributed by atoms with van der Waals surface area (Å²) in [5.41, 5.74) is 0.575. The first-order valence-electron chi connectivity index (χ1n) is 7.81. The average Bonchev–Trinajstić information content (AvgIpc) is 2.48. The first-order valence-corrected chi connectivity index (χ1v) is 7.81.